The molecule has 0 spiro atoms. The number of aryl methyl sites for hydroxylation is 1. The standard InChI is InChI=1S/C12H15BrN4O3S/c1-3-17-7-11(12(14)15-17)21(18,19)16-9-4-8(13)5-10(6-9)20-2/h4-7,16H,3H2,1-2H3,(H2,14,15). The van der Waals surface area contributed by atoms with Gasteiger partial charge >= 0.3 is 0 Å². The maximum absolute atomic E-state index is 12.4. The number of methoxy groups -OCH3 is 1. The molecule has 0 radical (unpaired) electrons. The van der Waals surface area contributed by atoms with Crippen LogP contribution in [0.1, 0.15) is 6.92 Å². The van der Waals surface area contributed by atoms with Crippen LogP contribution >= 0.6 is 15.9 Å². The SMILES string of the molecule is CCn1cc(S(=O)(=O)Nc2cc(Br)cc(OC)c2)c(N)n1. The number of nitrogens with zero attached hydrogens (tertiary/aromatic N) is 2. The molecule has 9 heteroatoms. The number of ether oxygens (including phenoxy) is 1. The van der Waals surface area contributed by atoms with E-state index in [1.54, 1.807) is 18.2 Å². The Hall–Kier alpha value is -1.74. The molecular formula is C12H15BrN4O3S. The van der Waals surface area contributed by atoms with Crippen molar-refractivity contribution in [2.75, 3.05) is 17.6 Å². The van der Waals surface area contributed by atoms with Crippen molar-refractivity contribution in [1.82, 2.24) is 9.78 Å². The lowest BCUT2D eigenvalue weighted by Crippen LogP contribution is -2.14. The topological polar surface area (TPSA) is 99.2 Å². The highest BCUT2D eigenvalue weighted by atomic mass is 79.9. The molecule has 2 aromatic rings. The van der Waals surface area contributed by atoms with E-state index in [0.717, 1.165) is 0 Å². The molecule has 1 aromatic heterocycles. The third kappa shape index (κ3) is 3.48. The molecule has 0 aliphatic carbocycles. The minimum atomic E-state index is -3.81. The van der Waals surface area contributed by atoms with Gasteiger partial charge in [0.2, 0.25) is 0 Å². The van der Waals surface area contributed by atoms with Crippen molar-refractivity contribution in [3.05, 3.63) is 28.9 Å². The Morgan fingerprint density at radius 2 is 2.14 bits per heavy atom. The Balaban J connectivity index is 2.37. The zero-order valence-electron chi connectivity index (χ0n) is 11.5. The van der Waals surface area contributed by atoms with Gasteiger partial charge < -0.3 is 10.5 Å². The summed E-state index contributed by atoms with van der Waals surface area (Å²) >= 11 is 3.29. The lowest BCUT2D eigenvalue weighted by Gasteiger charge is -2.09. The van der Waals surface area contributed by atoms with Crippen LogP contribution in [0.4, 0.5) is 11.5 Å². The molecule has 3 N–H and O–H groups in total. The molecule has 7 nitrogen and oxygen atoms in total. The van der Waals surface area contributed by atoms with Crippen LogP contribution in [0, 0.1) is 0 Å². The van der Waals surface area contributed by atoms with Crippen LogP contribution in [-0.2, 0) is 16.6 Å². The predicted octanol–water partition coefficient (Wildman–Crippen LogP) is 2.06. The van der Waals surface area contributed by atoms with Crippen LogP contribution in [0.3, 0.4) is 0 Å². The molecule has 0 aliphatic heterocycles. The molecule has 0 bridgehead atoms. The molecule has 0 amide bonds. The Kier molecular flexibility index (Phi) is 4.43. The summed E-state index contributed by atoms with van der Waals surface area (Å²) in [7, 11) is -2.31. The van der Waals surface area contributed by atoms with Gasteiger partial charge in [-0.25, -0.2) is 8.42 Å². The molecule has 0 atom stereocenters. The first-order valence-corrected chi connectivity index (χ1v) is 8.33. The van der Waals surface area contributed by atoms with Crippen molar-refractivity contribution < 1.29 is 13.2 Å². The Bertz CT molecular complexity index is 758. The number of anilines is 2. The van der Waals surface area contributed by atoms with Gasteiger partial charge in [-0.2, -0.15) is 5.10 Å². The van der Waals surface area contributed by atoms with E-state index in [1.807, 2.05) is 6.92 Å². The smallest absolute Gasteiger partial charge is 0.267 e. The van der Waals surface area contributed by atoms with Crippen molar-refractivity contribution in [1.29, 1.82) is 0 Å². The van der Waals surface area contributed by atoms with Crippen LogP contribution < -0.4 is 15.2 Å². The summed E-state index contributed by atoms with van der Waals surface area (Å²) < 4.78 is 34.4. The average Bonchev–Trinajstić information content (AvgIpc) is 2.79. The average molecular weight is 375 g/mol. The molecule has 1 heterocycles. The second kappa shape index (κ2) is 5.94. The number of benzene rings is 1. The van der Waals surface area contributed by atoms with E-state index in [2.05, 4.69) is 25.8 Å². The normalized spacial score (nSPS) is 11.4. The number of aromatic nitrogens is 2. The molecule has 0 unspecified atom stereocenters. The predicted molar refractivity (Wildman–Crippen MR) is 83.8 cm³/mol. The van der Waals surface area contributed by atoms with Gasteiger partial charge in [0, 0.05) is 23.3 Å². The van der Waals surface area contributed by atoms with Crippen LogP contribution in [-0.4, -0.2) is 25.3 Å². The molecule has 0 aliphatic rings. The van der Waals surface area contributed by atoms with Crippen molar-refractivity contribution >= 4 is 37.5 Å². The first-order chi connectivity index (χ1) is 9.85. The number of hydrogen-bond donors (Lipinski definition) is 2. The fourth-order valence-corrected chi connectivity index (χ4v) is 3.32. The van der Waals surface area contributed by atoms with E-state index in [4.69, 9.17) is 10.5 Å². The number of nitrogens with two attached hydrogens (primary N) is 1. The fraction of sp³-hybridized carbons (Fsp3) is 0.250. The molecule has 114 valence electrons. The zero-order chi connectivity index (χ0) is 15.6. The number of sulfonamides is 1. The van der Waals surface area contributed by atoms with Gasteiger partial charge in [-0.15, -0.1) is 0 Å². The second-order valence-electron chi connectivity index (χ2n) is 4.22. The number of nitrogens with one attached hydrogen (secondary N) is 1. The van der Waals surface area contributed by atoms with Gasteiger partial charge in [-0.05, 0) is 19.1 Å². The lowest BCUT2D eigenvalue weighted by atomic mass is 10.3. The number of halogens is 1. The first-order valence-electron chi connectivity index (χ1n) is 6.06. The Morgan fingerprint density at radius 1 is 1.43 bits per heavy atom. The summed E-state index contributed by atoms with van der Waals surface area (Å²) in [5.74, 6) is 0.491. The van der Waals surface area contributed by atoms with Crippen molar-refractivity contribution in [3.63, 3.8) is 0 Å². The van der Waals surface area contributed by atoms with Crippen molar-refractivity contribution in [3.8, 4) is 5.75 Å². The monoisotopic (exact) mass is 374 g/mol. The molecule has 0 fully saturated rings. The van der Waals surface area contributed by atoms with Gasteiger partial charge in [-0.3, -0.25) is 9.40 Å². The summed E-state index contributed by atoms with van der Waals surface area (Å²) in [5, 5.41) is 3.93. The van der Waals surface area contributed by atoms with E-state index >= 15 is 0 Å². The van der Waals surface area contributed by atoms with Crippen LogP contribution in [0.2, 0.25) is 0 Å². The van der Waals surface area contributed by atoms with Crippen molar-refractivity contribution in [2.24, 2.45) is 0 Å². The molecule has 21 heavy (non-hydrogen) atoms. The van der Waals surface area contributed by atoms with Gasteiger partial charge in [0.05, 0.1) is 12.8 Å². The number of rotatable bonds is 5. The highest BCUT2D eigenvalue weighted by molar-refractivity contribution is 9.10. The quantitative estimate of drug-likeness (QED) is 0.834. The van der Waals surface area contributed by atoms with Gasteiger partial charge in [-0.1, -0.05) is 15.9 Å². The third-order valence-corrected chi connectivity index (χ3v) is 4.58. The largest absolute Gasteiger partial charge is 0.497 e. The van der Waals surface area contributed by atoms with E-state index in [-0.39, 0.29) is 10.7 Å². The van der Waals surface area contributed by atoms with Gasteiger partial charge in [0.1, 0.15) is 10.6 Å². The third-order valence-electron chi connectivity index (χ3n) is 2.73. The number of nitrogen functional groups attached to an aromatic ring is 1. The van der Waals surface area contributed by atoms with E-state index < -0.39 is 10.0 Å². The van der Waals surface area contributed by atoms with E-state index in [0.29, 0.717) is 22.5 Å². The fourth-order valence-electron chi connectivity index (χ4n) is 1.74. The summed E-state index contributed by atoms with van der Waals surface area (Å²) in [4.78, 5) is -0.0525. The lowest BCUT2D eigenvalue weighted by molar-refractivity contribution is 0.415. The zero-order valence-corrected chi connectivity index (χ0v) is 13.9. The highest BCUT2D eigenvalue weighted by Gasteiger charge is 2.21. The maximum Gasteiger partial charge on any atom is 0.267 e. The summed E-state index contributed by atoms with van der Waals surface area (Å²) in [6, 6.07) is 4.92. The van der Waals surface area contributed by atoms with E-state index in [1.165, 1.54) is 18.0 Å². The minimum absolute atomic E-state index is 0.0358. The highest BCUT2D eigenvalue weighted by Crippen LogP contribution is 2.27. The molecule has 0 saturated heterocycles. The Labute approximate surface area is 131 Å². The molecule has 2 rings (SSSR count). The van der Waals surface area contributed by atoms with Gasteiger partial charge in [0.25, 0.3) is 10.0 Å². The summed E-state index contributed by atoms with van der Waals surface area (Å²) in [6.07, 6.45) is 1.40. The van der Waals surface area contributed by atoms with Crippen LogP contribution in [0.5, 0.6) is 5.75 Å². The molecule has 0 saturated carbocycles. The minimum Gasteiger partial charge on any atom is -0.497 e. The summed E-state index contributed by atoms with van der Waals surface area (Å²) in [6.45, 7) is 2.37. The molecule has 1 aromatic carbocycles. The second-order valence-corrected chi connectivity index (χ2v) is 6.79. The van der Waals surface area contributed by atoms with Gasteiger partial charge in [0.15, 0.2) is 5.82 Å². The van der Waals surface area contributed by atoms with Crippen LogP contribution in [0.15, 0.2) is 33.8 Å². The van der Waals surface area contributed by atoms with Crippen molar-refractivity contribution in [2.45, 2.75) is 18.4 Å². The molecular weight excluding hydrogens is 360 g/mol. The number of hydrogen-bond acceptors (Lipinski definition) is 5. The van der Waals surface area contributed by atoms with Crippen LogP contribution in [0.25, 0.3) is 0 Å². The Morgan fingerprint density at radius 3 is 2.71 bits per heavy atom. The summed E-state index contributed by atoms with van der Waals surface area (Å²) in [5.41, 5.74) is 6.02. The maximum atomic E-state index is 12.4. The first kappa shape index (κ1) is 15.6. The van der Waals surface area contributed by atoms with E-state index in [9.17, 15) is 8.42 Å².